The molecule has 9 nitrogen and oxygen atoms in total. The van der Waals surface area contributed by atoms with Crippen LogP contribution in [-0.2, 0) is 27.8 Å². The Morgan fingerprint density at radius 2 is 1.52 bits per heavy atom. The van der Waals surface area contributed by atoms with Crippen molar-refractivity contribution in [2.24, 2.45) is 5.14 Å². The number of sulfonamides is 1. The van der Waals surface area contributed by atoms with Gasteiger partial charge in [-0.2, -0.15) is 0 Å². The van der Waals surface area contributed by atoms with E-state index in [2.05, 4.69) is 0 Å². The third kappa shape index (κ3) is 4.54. The van der Waals surface area contributed by atoms with Crippen molar-refractivity contribution in [3.05, 3.63) is 35.4 Å². The lowest BCUT2D eigenvalue weighted by Crippen LogP contribution is -2.30. The Balaban J connectivity index is 2.12. The average molecular weight is 451 g/mol. The highest BCUT2D eigenvalue weighted by Gasteiger charge is 2.27. The molecule has 0 fully saturated rings. The van der Waals surface area contributed by atoms with Crippen LogP contribution < -0.4 is 29.0 Å². The predicted molar refractivity (Wildman–Crippen MR) is 115 cm³/mol. The van der Waals surface area contributed by atoms with E-state index in [-0.39, 0.29) is 23.1 Å². The summed E-state index contributed by atoms with van der Waals surface area (Å²) in [5.41, 5.74) is 2.05. The second-order valence-corrected chi connectivity index (χ2v) is 8.57. The molecule has 2 aromatic carbocycles. The number of carbonyl (C=O) groups excluding carboxylic acids is 1. The minimum Gasteiger partial charge on any atom is -0.495 e. The molecule has 0 aromatic heterocycles. The quantitative estimate of drug-likeness (QED) is 0.687. The van der Waals surface area contributed by atoms with Crippen LogP contribution in [0.2, 0.25) is 0 Å². The van der Waals surface area contributed by atoms with Gasteiger partial charge in [-0.15, -0.1) is 0 Å². The highest BCUT2D eigenvalue weighted by molar-refractivity contribution is 7.89. The third-order valence-corrected chi connectivity index (χ3v) is 6.10. The van der Waals surface area contributed by atoms with Gasteiger partial charge in [0.15, 0.2) is 11.5 Å². The number of anilines is 1. The van der Waals surface area contributed by atoms with Gasteiger partial charge in [0.1, 0.15) is 10.6 Å². The molecule has 1 aliphatic rings. The van der Waals surface area contributed by atoms with Crippen molar-refractivity contribution in [1.29, 1.82) is 0 Å². The normalized spacial score (nSPS) is 14.0. The van der Waals surface area contributed by atoms with E-state index in [0.717, 1.165) is 5.56 Å². The van der Waals surface area contributed by atoms with Crippen LogP contribution >= 0.6 is 0 Å². The molecule has 1 heterocycles. The van der Waals surface area contributed by atoms with Crippen LogP contribution in [0.25, 0.3) is 0 Å². The van der Waals surface area contributed by atoms with Crippen molar-refractivity contribution in [3.8, 4) is 23.0 Å². The second-order valence-electron chi connectivity index (χ2n) is 7.04. The molecule has 31 heavy (non-hydrogen) atoms. The maximum Gasteiger partial charge on any atom is 0.241 e. The number of aryl methyl sites for hydroxylation is 1. The Hall–Kier alpha value is -2.98. The van der Waals surface area contributed by atoms with Crippen molar-refractivity contribution in [1.82, 2.24) is 0 Å². The number of carbonyl (C=O) groups is 1. The molecule has 2 N–H and O–H groups in total. The number of methoxy groups -OCH3 is 4. The van der Waals surface area contributed by atoms with E-state index in [1.807, 2.05) is 0 Å². The Kier molecular flexibility index (Phi) is 6.61. The molecule has 1 aliphatic heterocycles. The van der Waals surface area contributed by atoms with E-state index < -0.39 is 10.0 Å². The molecule has 1 amide bonds. The van der Waals surface area contributed by atoms with Gasteiger partial charge in [0, 0.05) is 12.5 Å². The Morgan fingerprint density at radius 3 is 2.03 bits per heavy atom. The third-order valence-electron chi connectivity index (χ3n) is 5.17. The molecule has 10 heteroatoms. The van der Waals surface area contributed by atoms with Gasteiger partial charge in [-0.05, 0) is 42.2 Å². The van der Waals surface area contributed by atoms with Crippen LogP contribution in [0.4, 0.5) is 5.69 Å². The number of hydrogen-bond donors (Lipinski definition) is 1. The van der Waals surface area contributed by atoms with E-state index in [0.29, 0.717) is 47.8 Å². The highest BCUT2D eigenvalue weighted by atomic mass is 32.2. The van der Waals surface area contributed by atoms with Gasteiger partial charge in [0.05, 0.1) is 40.7 Å². The summed E-state index contributed by atoms with van der Waals surface area (Å²) < 4.78 is 45.4. The standard InChI is InChI=1S/C21H26N2O7S/c1-27-16-11-15-14(10-19(16)31(22,25)26)6-5-7-20(24)23(15)12-13-8-17(28-2)21(30-4)18(9-13)29-3/h8-11H,5-7,12H2,1-4H3,(H2,22,25,26). The number of amides is 1. The molecular weight excluding hydrogens is 424 g/mol. The van der Waals surface area contributed by atoms with Gasteiger partial charge in [0.2, 0.25) is 21.7 Å². The predicted octanol–water partition coefficient (Wildman–Crippen LogP) is 2.24. The van der Waals surface area contributed by atoms with E-state index in [9.17, 15) is 13.2 Å². The summed E-state index contributed by atoms with van der Waals surface area (Å²) in [6.07, 6.45) is 1.46. The summed E-state index contributed by atoms with van der Waals surface area (Å²) in [7, 11) is 1.94. The lowest BCUT2D eigenvalue weighted by molar-refractivity contribution is -0.118. The molecule has 3 rings (SSSR count). The first kappa shape index (κ1) is 22.7. The first-order valence-corrected chi connectivity index (χ1v) is 11.1. The zero-order chi connectivity index (χ0) is 22.8. The lowest BCUT2D eigenvalue weighted by atomic mass is 10.1. The summed E-state index contributed by atoms with van der Waals surface area (Å²) in [5, 5.41) is 5.35. The largest absolute Gasteiger partial charge is 0.495 e. The van der Waals surface area contributed by atoms with Crippen LogP contribution in [-0.4, -0.2) is 42.8 Å². The Bertz CT molecular complexity index is 1070. The number of hydrogen-bond acceptors (Lipinski definition) is 7. The van der Waals surface area contributed by atoms with Gasteiger partial charge in [-0.1, -0.05) is 0 Å². The van der Waals surface area contributed by atoms with E-state index >= 15 is 0 Å². The number of ether oxygens (including phenoxy) is 4. The number of primary sulfonamides is 1. The molecule has 0 spiro atoms. The van der Waals surface area contributed by atoms with Gasteiger partial charge in [-0.3, -0.25) is 4.79 Å². The molecule has 0 saturated carbocycles. The monoisotopic (exact) mass is 450 g/mol. The van der Waals surface area contributed by atoms with Crippen molar-refractivity contribution < 1.29 is 32.2 Å². The maximum absolute atomic E-state index is 12.9. The summed E-state index contributed by atoms with van der Waals surface area (Å²) in [6.45, 7) is 0.223. The van der Waals surface area contributed by atoms with E-state index in [4.69, 9.17) is 24.1 Å². The molecular formula is C21H26N2O7S. The van der Waals surface area contributed by atoms with Crippen LogP contribution in [0.1, 0.15) is 24.0 Å². The fourth-order valence-corrected chi connectivity index (χ4v) is 4.44. The molecule has 2 aromatic rings. The lowest BCUT2D eigenvalue weighted by Gasteiger charge is -2.25. The summed E-state index contributed by atoms with van der Waals surface area (Å²) in [4.78, 5) is 14.5. The molecule has 168 valence electrons. The highest BCUT2D eigenvalue weighted by Crippen LogP contribution is 2.40. The van der Waals surface area contributed by atoms with Crippen LogP contribution in [0.3, 0.4) is 0 Å². The summed E-state index contributed by atoms with van der Waals surface area (Å²) in [5.74, 6) is 1.41. The molecule has 0 atom stereocenters. The zero-order valence-corrected chi connectivity index (χ0v) is 18.7. The fraction of sp³-hybridized carbons (Fsp3) is 0.381. The number of fused-ring (bicyclic) bond motifs is 1. The summed E-state index contributed by atoms with van der Waals surface area (Å²) >= 11 is 0. The smallest absolute Gasteiger partial charge is 0.241 e. The summed E-state index contributed by atoms with van der Waals surface area (Å²) in [6, 6.07) is 6.59. The SMILES string of the molecule is COc1cc2c(cc1S(N)(=O)=O)CCCC(=O)N2Cc1cc(OC)c(OC)c(OC)c1. The van der Waals surface area contributed by atoms with E-state index in [1.54, 1.807) is 23.1 Å². The number of benzene rings is 2. The maximum atomic E-state index is 12.9. The van der Waals surface area contributed by atoms with Gasteiger partial charge >= 0.3 is 0 Å². The molecule has 0 aliphatic carbocycles. The van der Waals surface area contributed by atoms with Crippen molar-refractivity contribution in [3.63, 3.8) is 0 Å². The first-order valence-electron chi connectivity index (χ1n) is 9.56. The molecule has 0 saturated heterocycles. The van der Waals surface area contributed by atoms with Crippen molar-refractivity contribution in [2.75, 3.05) is 33.3 Å². The van der Waals surface area contributed by atoms with E-state index in [1.165, 1.54) is 34.5 Å². The Labute approximate surface area is 181 Å². The number of rotatable bonds is 7. The number of nitrogens with two attached hydrogens (primary N) is 1. The molecule has 0 bridgehead atoms. The van der Waals surface area contributed by atoms with Crippen LogP contribution in [0, 0.1) is 0 Å². The topological polar surface area (TPSA) is 117 Å². The first-order chi connectivity index (χ1) is 14.7. The Morgan fingerprint density at radius 1 is 0.903 bits per heavy atom. The van der Waals surface area contributed by atoms with Crippen LogP contribution in [0.15, 0.2) is 29.2 Å². The fourth-order valence-electron chi connectivity index (χ4n) is 3.71. The zero-order valence-electron chi connectivity index (χ0n) is 17.9. The second kappa shape index (κ2) is 9.03. The average Bonchev–Trinajstić information content (AvgIpc) is 2.89. The van der Waals surface area contributed by atoms with Crippen molar-refractivity contribution >= 4 is 21.6 Å². The van der Waals surface area contributed by atoms with Crippen molar-refractivity contribution in [2.45, 2.75) is 30.7 Å². The number of nitrogens with zero attached hydrogens (tertiary/aromatic N) is 1. The molecule has 0 radical (unpaired) electrons. The minimum atomic E-state index is -3.98. The van der Waals surface area contributed by atoms with Gasteiger partial charge in [0.25, 0.3) is 0 Å². The van der Waals surface area contributed by atoms with Gasteiger partial charge < -0.3 is 23.8 Å². The van der Waals surface area contributed by atoms with Crippen LogP contribution in [0.5, 0.6) is 23.0 Å². The minimum absolute atomic E-state index is 0.0853. The van der Waals surface area contributed by atoms with Gasteiger partial charge in [-0.25, -0.2) is 13.6 Å². The molecule has 0 unspecified atom stereocenters.